The quantitative estimate of drug-likeness (QED) is 0.900. The lowest BCUT2D eigenvalue weighted by Crippen LogP contribution is -2.28. The van der Waals surface area contributed by atoms with Crippen LogP contribution in [0.3, 0.4) is 0 Å². The molecular weight excluding hydrogens is 336 g/mol. The van der Waals surface area contributed by atoms with Crippen LogP contribution in [0.5, 0.6) is 0 Å². The number of hydrogen-bond donors (Lipinski definition) is 1. The molecule has 0 atom stereocenters. The standard InChI is InChI=1S/C16H21ClN2O3S/c17-14-8-7-13(18-16(20)12-5-1-2-6-12)11-15(14)23(21,22)19-9-3-4-10-19/h7-8,11-12H,1-6,9-10H2,(H,18,20). The first kappa shape index (κ1) is 16.7. The van der Waals surface area contributed by atoms with E-state index in [4.69, 9.17) is 11.6 Å². The Morgan fingerprint density at radius 1 is 1.13 bits per heavy atom. The average Bonchev–Trinajstić information content (AvgIpc) is 3.22. The number of anilines is 1. The molecule has 3 rings (SSSR count). The van der Waals surface area contributed by atoms with Crippen LogP contribution in [0.25, 0.3) is 0 Å². The molecule has 2 fully saturated rings. The third-order valence-electron chi connectivity index (χ3n) is 4.61. The average molecular weight is 357 g/mol. The molecular formula is C16H21ClN2O3S. The summed E-state index contributed by atoms with van der Waals surface area (Å²) in [5.41, 5.74) is 0.490. The predicted molar refractivity (Wildman–Crippen MR) is 90.0 cm³/mol. The van der Waals surface area contributed by atoms with Gasteiger partial charge in [0.05, 0.1) is 5.02 Å². The van der Waals surface area contributed by atoms with Crippen LogP contribution < -0.4 is 5.32 Å². The van der Waals surface area contributed by atoms with Gasteiger partial charge in [-0.1, -0.05) is 24.4 Å². The summed E-state index contributed by atoms with van der Waals surface area (Å²) in [6.07, 6.45) is 5.70. The summed E-state index contributed by atoms with van der Waals surface area (Å²) in [5, 5.41) is 3.02. The van der Waals surface area contributed by atoms with E-state index in [9.17, 15) is 13.2 Å². The lowest BCUT2D eigenvalue weighted by Gasteiger charge is -2.18. The zero-order valence-electron chi connectivity index (χ0n) is 12.9. The SMILES string of the molecule is O=C(Nc1ccc(Cl)c(S(=O)(=O)N2CCCC2)c1)C1CCCC1. The Hall–Kier alpha value is -1.11. The predicted octanol–water partition coefficient (Wildman–Crippen LogP) is 3.25. The molecule has 2 aliphatic rings. The van der Waals surface area contributed by atoms with Gasteiger partial charge in [0.1, 0.15) is 4.90 Å². The van der Waals surface area contributed by atoms with Crippen LogP contribution in [-0.4, -0.2) is 31.7 Å². The van der Waals surface area contributed by atoms with Crippen molar-refractivity contribution in [3.05, 3.63) is 23.2 Å². The molecule has 0 bridgehead atoms. The van der Waals surface area contributed by atoms with Crippen LogP contribution in [0.1, 0.15) is 38.5 Å². The van der Waals surface area contributed by atoms with E-state index in [2.05, 4.69) is 5.32 Å². The van der Waals surface area contributed by atoms with E-state index in [-0.39, 0.29) is 21.7 Å². The van der Waals surface area contributed by atoms with Crippen molar-refractivity contribution in [1.82, 2.24) is 4.31 Å². The number of carbonyl (C=O) groups is 1. The van der Waals surface area contributed by atoms with Gasteiger partial charge in [0.15, 0.2) is 0 Å². The van der Waals surface area contributed by atoms with Crippen LogP contribution in [0.15, 0.2) is 23.1 Å². The number of halogens is 1. The third kappa shape index (κ3) is 3.54. The summed E-state index contributed by atoms with van der Waals surface area (Å²) in [6, 6.07) is 4.66. The van der Waals surface area contributed by atoms with Gasteiger partial charge in [0.2, 0.25) is 15.9 Å². The maximum atomic E-state index is 12.7. The molecule has 1 saturated carbocycles. The Morgan fingerprint density at radius 2 is 1.78 bits per heavy atom. The molecule has 126 valence electrons. The van der Waals surface area contributed by atoms with Crippen LogP contribution >= 0.6 is 11.6 Å². The fourth-order valence-corrected chi connectivity index (χ4v) is 5.30. The molecule has 1 aliphatic carbocycles. The lowest BCUT2D eigenvalue weighted by atomic mass is 10.1. The lowest BCUT2D eigenvalue weighted by molar-refractivity contribution is -0.119. The van der Waals surface area contributed by atoms with Gasteiger partial charge in [-0.3, -0.25) is 4.79 Å². The smallest absolute Gasteiger partial charge is 0.244 e. The van der Waals surface area contributed by atoms with Crippen LogP contribution in [0.2, 0.25) is 5.02 Å². The van der Waals surface area contributed by atoms with Gasteiger partial charge >= 0.3 is 0 Å². The zero-order chi connectivity index (χ0) is 16.4. The molecule has 0 spiro atoms. The Labute approximate surface area is 142 Å². The van der Waals surface area contributed by atoms with Gasteiger partial charge in [-0.15, -0.1) is 0 Å². The molecule has 1 amide bonds. The van der Waals surface area contributed by atoms with Gasteiger partial charge in [0.25, 0.3) is 0 Å². The molecule has 0 radical (unpaired) electrons. The van der Waals surface area contributed by atoms with E-state index in [0.717, 1.165) is 38.5 Å². The van der Waals surface area contributed by atoms with Gasteiger partial charge in [-0.05, 0) is 43.9 Å². The summed E-state index contributed by atoms with van der Waals surface area (Å²) in [7, 11) is -3.60. The Morgan fingerprint density at radius 3 is 2.43 bits per heavy atom. The summed E-state index contributed by atoms with van der Waals surface area (Å²) in [5.74, 6) is -0.00124. The van der Waals surface area contributed by atoms with Crippen molar-refractivity contribution < 1.29 is 13.2 Å². The molecule has 1 aromatic carbocycles. The first-order chi connectivity index (χ1) is 11.0. The highest BCUT2D eigenvalue weighted by Crippen LogP contribution is 2.31. The van der Waals surface area contributed by atoms with E-state index in [0.29, 0.717) is 18.8 Å². The van der Waals surface area contributed by atoms with Gasteiger partial charge in [0, 0.05) is 24.7 Å². The molecule has 1 aliphatic heterocycles. The first-order valence-corrected chi connectivity index (χ1v) is 9.91. The molecule has 7 heteroatoms. The van der Waals surface area contributed by atoms with Crippen molar-refractivity contribution in [1.29, 1.82) is 0 Å². The molecule has 5 nitrogen and oxygen atoms in total. The van der Waals surface area contributed by atoms with Crippen molar-refractivity contribution in [2.75, 3.05) is 18.4 Å². The number of carbonyl (C=O) groups excluding carboxylic acids is 1. The number of rotatable bonds is 4. The van der Waals surface area contributed by atoms with Crippen molar-refractivity contribution >= 4 is 33.2 Å². The monoisotopic (exact) mass is 356 g/mol. The minimum Gasteiger partial charge on any atom is -0.326 e. The van der Waals surface area contributed by atoms with Gasteiger partial charge in [-0.2, -0.15) is 4.31 Å². The minimum atomic E-state index is -3.60. The van der Waals surface area contributed by atoms with Crippen LogP contribution in [-0.2, 0) is 14.8 Å². The van der Waals surface area contributed by atoms with Gasteiger partial charge in [-0.25, -0.2) is 8.42 Å². The number of nitrogens with zero attached hydrogens (tertiary/aromatic N) is 1. The highest BCUT2D eigenvalue weighted by atomic mass is 35.5. The summed E-state index contributed by atoms with van der Waals surface area (Å²) in [6.45, 7) is 1.05. The normalized spacial score (nSPS) is 20.0. The number of benzene rings is 1. The molecule has 1 heterocycles. The largest absolute Gasteiger partial charge is 0.326 e. The minimum absolute atomic E-state index is 0.0318. The number of sulfonamides is 1. The van der Waals surface area contributed by atoms with Crippen molar-refractivity contribution in [3.8, 4) is 0 Å². The van der Waals surface area contributed by atoms with E-state index < -0.39 is 10.0 Å². The van der Waals surface area contributed by atoms with Crippen molar-refractivity contribution in [2.24, 2.45) is 5.92 Å². The fourth-order valence-electron chi connectivity index (χ4n) is 3.28. The maximum Gasteiger partial charge on any atom is 0.244 e. The molecule has 0 aromatic heterocycles. The molecule has 1 aromatic rings. The van der Waals surface area contributed by atoms with Crippen LogP contribution in [0.4, 0.5) is 5.69 Å². The Bertz CT molecular complexity index is 693. The topological polar surface area (TPSA) is 66.5 Å². The Balaban J connectivity index is 1.82. The van der Waals surface area contributed by atoms with E-state index in [1.807, 2.05) is 0 Å². The summed E-state index contributed by atoms with van der Waals surface area (Å²) in [4.78, 5) is 12.3. The molecule has 23 heavy (non-hydrogen) atoms. The van der Waals surface area contributed by atoms with Gasteiger partial charge < -0.3 is 5.32 Å². The zero-order valence-corrected chi connectivity index (χ0v) is 14.5. The van der Waals surface area contributed by atoms with E-state index in [1.165, 1.54) is 16.4 Å². The summed E-state index contributed by atoms with van der Waals surface area (Å²) >= 11 is 6.10. The highest BCUT2D eigenvalue weighted by molar-refractivity contribution is 7.89. The van der Waals surface area contributed by atoms with Crippen molar-refractivity contribution in [3.63, 3.8) is 0 Å². The van der Waals surface area contributed by atoms with Crippen molar-refractivity contribution in [2.45, 2.75) is 43.4 Å². The second kappa shape index (κ2) is 6.79. The molecule has 0 unspecified atom stereocenters. The number of hydrogen-bond acceptors (Lipinski definition) is 3. The molecule has 1 saturated heterocycles. The third-order valence-corrected chi connectivity index (χ3v) is 6.99. The second-order valence-electron chi connectivity index (χ2n) is 6.23. The van der Waals surface area contributed by atoms with E-state index >= 15 is 0 Å². The van der Waals surface area contributed by atoms with E-state index in [1.54, 1.807) is 6.07 Å². The highest BCUT2D eigenvalue weighted by Gasteiger charge is 2.30. The fraction of sp³-hybridized carbons (Fsp3) is 0.562. The Kier molecular flexibility index (Phi) is 4.94. The number of nitrogens with one attached hydrogen (secondary N) is 1. The second-order valence-corrected chi connectivity index (χ2v) is 8.54. The van der Waals surface area contributed by atoms with Crippen LogP contribution in [0, 0.1) is 5.92 Å². The first-order valence-electron chi connectivity index (χ1n) is 8.09. The molecule has 1 N–H and O–H groups in total. The number of amides is 1. The maximum absolute atomic E-state index is 12.7. The summed E-state index contributed by atoms with van der Waals surface area (Å²) < 4.78 is 26.8.